The summed E-state index contributed by atoms with van der Waals surface area (Å²) < 4.78 is 26.3. The minimum atomic E-state index is -3.20. The second-order valence-electron chi connectivity index (χ2n) is 8.53. The molecule has 4 rings (SSSR count). The monoisotopic (exact) mass is 454 g/mol. The van der Waals surface area contributed by atoms with Crippen LogP contribution in [0.15, 0.2) is 60.7 Å². The van der Waals surface area contributed by atoms with E-state index in [-0.39, 0.29) is 23.5 Å². The molecule has 0 bridgehead atoms. The molecule has 0 unspecified atom stereocenters. The van der Waals surface area contributed by atoms with Crippen LogP contribution in [-0.4, -0.2) is 54.9 Å². The molecular weight excluding hydrogens is 424 g/mol. The summed E-state index contributed by atoms with van der Waals surface area (Å²) in [6, 6.07) is 19.0. The molecule has 0 aliphatic carbocycles. The van der Waals surface area contributed by atoms with Crippen LogP contribution in [0.2, 0.25) is 0 Å². The molecule has 170 valence electrons. The van der Waals surface area contributed by atoms with Gasteiger partial charge in [-0.25, -0.2) is 12.7 Å². The van der Waals surface area contributed by atoms with Gasteiger partial charge in [-0.2, -0.15) is 0 Å². The minimum Gasteiger partial charge on any atom is -0.334 e. The van der Waals surface area contributed by atoms with Crippen molar-refractivity contribution in [3.8, 4) is 0 Å². The molecule has 2 aromatic carbocycles. The smallest absolute Gasteiger partial charge is 0.264 e. The number of amides is 1. The van der Waals surface area contributed by atoms with Crippen molar-refractivity contribution >= 4 is 21.9 Å². The quantitative estimate of drug-likeness (QED) is 0.673. The summed E-state index contributed by atoms with van der Waals surface area (Å²) in [5.41, 5.74) is 0.456. The minimum absolute atomic E-state index is 0.0868. The van der Waals surface area contributed by atoms with Crippen LogP contribution in [0, 0.1) is 11.3 Å². The number of carbonyl (C=O) groups is 1. The fourth-order valence-electron chi connectivity index (χ4n) is 4.73. The Morgan fingerprint density at radius 3 is 2.03 bits per heavy atom. The molecule has 7 nitrogen and oxygen atoms in total. The van der Waals surface area contributed by atoms with Gasteiger partial charge in [0.2, 0.25) is 10.0 Å². The maximum absolute atomic E-state index is 13.8. The second-order valence-corrected chi connectivity index (χ2v) is 10.6. The molecule has 2 N–H and O–H groups in total. The van der Waals surface area contributed by atoms with Crippen LogP contribution in [0.1, 0.15) is 37.3 Å². The Morgan fingerprint density at radius 1 is 1.00 bits per heavy atom. The average molecular weight is 455 g/mol. The molecular formula is C24H30N4O3S. The number of hydrogen-bond donors (Lipinski definition) is 2. The van der Waals surface area contributed by atoms with Crippen molar-refractivity contribution < 1.29 is 13.2 Å². The highest BCUT2D eigenvalue weighted by Crippen LogP contribution is 2.36. The lowest BCUT2D eigenvalue weighted by Crippen LogP contribution is -2.46. The van der Waals surface area contributed by atoms with Gasteiger partial charge in [-0.3, -0.25) is 15.1 Å². The van der Waals surface area contributed by atoms with Gasteiger partial charge in [0.1, 0.15) is 0 Å². The number of guanidine groups is 1. The number of nitrogens with one attached hydrogen (secondary N) is 2. The van der Waals surface area contributed by atoms with Gasteiger partial charge in [0.15, 0.2) is 11.5 Å². The first-order valence-corrected chi connectivity index (χ1v) is 12.8. The highest BCUT2D eigenvalue weighted by Gasteiger charge is 2.52. The van der Waals surface area contributed by atoms with Crippen molar-refractivity contribution in [3.63, 3.8) is 0 Å². The van der Waals surface area contributed by atoms with E-state index in [4.69, 9.17) is 5.41 Å². The van der Waals surface area contributed by atoms with Crippen molar-refractivity contribution in [2.45, 2.75) is 31.7 Å². The summed E-state index contributed by atoms with van der Waals surface area (Å²) in [6.45, 7) is 3.22. The topological polar surface area (TPSA) is 93.6 Å². The van der Waals surface area contributed by atoms with E-state index < -0.39 is 15.6 Å². The van der Waals surface area contributed by atoms with Gasteiger partial charge in [-0.1, -0.05) is 67.6 Å². The van der Waals surface area contributed by atoms with Crippen LogP contribution in [0.5, 0.6) is 0 Å². The van der Waals surface area contributed by atoms with E-state index >= 15 is 0 Å². The van der Waals surface area contributed by atoms with Gasteiger partial charge >= 0.3 is 0 Å². The van der Waals surface area contributed by atoms with E-state index in [1.165, 1.54) is 4.90 Å². The van der Waals surface area contributed by atoms with Crippen LogP contribution in [0.3, 0.4) is 0 Å². The Morgan fingerprint density at radius 2 is 1.53 bits per heavy atom. The normalized spacial score (nSPS) is 19.8. The lowest BCUT2D eigenvalue weighted by molar-refractivity contribution is -0.130. The van der Waals surface area contributed by atoms with Gasteiger partial charge in [0.25, 0.3) is 5.91 Å². The SMILES string of the molecule is CCCS(=O)(=O)N1CCC(CN2C(=N)NC(c3ccccc3)(c3ccccc3)C2=O)CC1. The van der Waals surface area contributed by atoms with E-state index in [9.17, 15) is 13.2 Å². The number of nitrogens with zero attached hydrogens (tertiary/aromatic N) is 2. The summed E-state index contributed by atoms with van der Waals surface area (Å²) in [5, 5.41) is 11.8. The Labute approximate surface area is 190 Å². The van der Waals surface area contributed by atoms with Crippen LogP contribution < -0.4 is 5.32 Å². The van der Waals surface area contributed by atoms with Crippen molar-refractivity contribution in [2.24, 2.45) is 5.92 Å². The van der Waals surface area contributed by atoms with Crippen molar-refractivity contribution in [2.75, 3.05) is 25.4 Å². The van der Waals surface area contributed by atoms with E-state index in [0.717, 1.165) is 11.1 Å². The van der Waals surface area contributed by atoms with Crippen LogP contribution in [-0.2, 0) is 20.4 Å². The maximum atomic E-state index is 13.8. The van der Waals surface area contributed by atoms with Crippen LogP contribution in [0.25, 0.3) is 0 Å². The third-order valence-electron chi connectivity index (χ3n) is 6.43. The van der Waals surface area contributed by atoms with Gasteiger partial charge < -0.3 is 5.32 Å². The third-order valence-corrected chi connectivity index (χ3v) is 8.50. The van der Waals surface area contributed by atoms with Crippen molar-refractivity contribution in [1.82, 2.24) is 14.5 Å². The van der Waals surface area contributed by atoms with E-state index in [0.29, 0.717) is 38.9 Å². The summed E-state index contributed by atoms with van der Waals surface area (Å²) in [7, 11) is -3.20. The molecule has 0 aromatic heterocycles. The zero-order valence-electron chi connectivity index (χ0n) is 18.3. The number of piperidine rings is 1. The second kappa shape index (κ2) is 9.03. The molecule has 0 radical (unpaired) electrons. The Bertz CT molecular complexity index is 1030. The molecule has 2 aliphatic heterocycles. The van der Waals surface area contributed by atoms with Crippen molar-refractivity contribution in [3.05, 3.63) is 71.8 Å². The molecule has 2 aliphatic rings. The van der Waals surface area contributed by atoms with Crippen LogP contribution in [0.4, 0.5) is 0 Å². The Hall–Kier alpha value is -2.71. The molecule has 2 fully saturated rings. The fraction of sp³-hybridized carbons (Fsp3) is 0.417. The van der Waals surface area contributed by atoms with Gasteiger partial charge in [-0.15, -0.1) is 0 Å². The zero-order chi connectivity index (χ0) is 22.8. The summed E-state index contributed by atoms with van der Waals surface area (Å²) in [5.74, 6) is 0.245. The first-order valence-electron chi connectivity index (χ1n) is 11.2. The predicted molar refractivity (Wildman–Crippen MR) is 125 cm³/mol. The van der Waals surface area contributed by atoms with E-state index in [1.807, 2.05) is 67.6 Å². The third kappa shape index (κ3) is 4.04. The fourth-order valence-corrected chi connectivity index (χ4v) is 6.27. The maximum Gasteiger partial charge on any atom is 0.264 e. The molecule has 2 saturated heterocycles. The molecule has 2 heterocycles. The summed E-state index contributed by atoms with van der Waals surface area (Å²) in [4.78, 5) is 15.4. The molecule has 8 heteroatoms. The highest BCUT2D eigenvalue weighted by atomic mass is 32.2. The van der Waals surface area contributed by atoms with Crippen molar-refractivity contribution in [1.29, 1.82) is 5.41 Å². The molecule has 32 heavy (non-hydrogen) atoms. The van der Waals surface area contributed by atoms with Gasteiger partial charge in [0, 0.05) is 19.6 Å². The first kappa shape index (κ1) is 22.5. The molecule has 1 amide bonds. The van der Waals surface area contributed by atoms with Gasteiger partial charge in [0.05, 0.1) is 5.75 Å². The molecule has 2 aromatic rings. The predicted octanol–water partition coefficient (Wildman–Crippen LogP) is 2.75. The van der Waals surface area contributed by atoms with Crippen LogP contribution >= 0.6 is 0 Å². The summed E-state index contributed by atoms with van der Waals surface area (Å²) in [6.07, 6.45) is 1.97. The number of sulfonamides is 1. The Kier molecular flexibility index (Phi) is 6.35. The standard InChI is InChI=1S/C24H30N4O3S/c1-2-17-32(30,31)27-15-13-19(14-16-27)18-28-22(29)24(26-23(28)25,20-9-5-3-6-10-20)21-11-7-4-8-12-21/h3-12,19H,2,13-18H2,1H3,(H2,25,26). The number of benzene rings is 2. The highest BCUT2D eigenvalue weighted by molar-refractivity contribution is 7.89. The largest absolute Gasteiger partial charge is 0.334 e. The molecule has 0 spiro atoms. The lowest BCUT2D eigenvalue weighted by Gasteiger charge is -2.33. The number of rotatable bonds is 7. The number of hydrogen-bond acceptors (Lipinski definition) is 4. The molecule has 0 saturated carbocycles. The van der Waals surface area contributed by atoms with E-state index in [1.54, 1.807) is 4.31 Å². The zero-order valence-corrected chi connectivity index (χ0v) is 19.1. The first-order chi connectivity index (χ1) is 15.4. The lowest BCUT2D eigenvalue weighted by atomic mass is 9.82. The summed E-state index contributed by atoms with van der Waals surface area (Å²) >= 11 is 0. The molecule has 0 atom stereocenters. The average Bonchev–Trinajstić information content (AvgIpc) is 3.06. The van der Waals surface area contributed by atoms with E-state index in [2.05, 4.69) is 5.32 Å². The van der Waals surface area contributed by atoms with Gasteiger partial charge in [-0.05, 0) is 36.3 Å². The number of carbonyl (C=O) groups excluding carboxylic acids is 1. The Balaban J connectivity index is 1.55.